The minimum Gasteiger partial charge on any atom is -0.507 e. The van der Waals surface area contributed by atoms with E-state index < -0.39 is 5.91 Å². The van der Waals surface area contributed by atoms with Gasteiger partial charge in [0.1, 0.15) is 5.75 Å². The molecule has 0 heterocycles. The average Bonchev–Trinajstić information content (AvgIpc) is 2.59. The average molecular weight is 338 g/mol. The first-order valence-electron chi connectivity index (χ1n) is 7.55. The lowest BCUT2D eigenvalue weighted by atomic mass is 10.0. The molecule has 4 heteroatoms. The van der Waals surface area contributed by atoms with Crippen molar-refractivity contribution in [3.05, 3.63) is 94.5 Å². The Balaban J connectivity index is 1.85. The first-order chi connectivity index (χ1) is 11.6. The maximum absolute atomic E-state index is 12.5. The number of nitrogens with one attached hydrogen (secondary N) is 1. The van der Waals surface area contributed by atoms with Gasteiger partial charge in [-0.2, -0.15) is 0 Å². The summed E-state index contributed by atoms with van der Waals surface area (Å²) >= 11 is 5.91. The van der Waals surface area contributed by atoms with E-state index in [4.69, 9.17) is 11.6 Å². The Labute approximate surface area is 145 Å². The SMILES string of the molecule is O=C(Nc1ccccc1Cc1ccccc1)c1cc(Cl)ccc1O. The second-order valence-corrected chi connectivity index (χ2v) is 5.87. The van der Waals surface area contributed by atoms with Gasteiger partial charge in [-0.3, -0.25) is 4.79 Å². The van der Waals surface area contributed by atoms with Gasteiger partial charge in [0.2, 0.25) is 0 Å². The monoisotopic (exact) mass is 337 g/mol. The van der Waals surface area contributed by atoms with E-state index in [1.165, 1.54) is 18.2 Å². The van der Waals surface area contributed by atoms with Gasteiger partial charge in [-0.15, -0.1) is 0 Å². The van der Waals surface area contributed by atoms with Crippen molar-refractivity contribution < 1.29 is 9.90 Å². The smallest absolute Gasteiger partial charge is 0.259 e. The Bertz CT molecular complexity index is 863. The van der Waals surface area contributed by atoms with E-state index in [-0.39, 0.29) is 11.3 Å². The summed E-state index contributed by atoms with van der Waals surface area (Å²) in [6.07, 6.45) is 0.707. The summed E-state index contributed by atoms with van der Waals surface area (Å²) in [5.74, 6) is -0.493. The van der Waals surface area contributed by atoms with Crippen molar-refractivity contribution >= 4 is 23.2 Å². The normalized spacial score (nSPS) is 10.4. The Hall–Kier alpha value is -2.78. The second-order valence-electron chi connectivity index (χ2n) is 5.44. The van der Waals surface area contributed by atoms with Crippen molar-refractivity contribution in [1.82, 2.24) is 0 Å². The van der Waals surface area contributed by atoms with E-state index in [9.17, 15) is 9.90 Å². The Morgan fingerprint density at radius 3 is 2.46 bits per heavy atom. The van der Waals surface area contributed by atoms with E-state index in [0.717, 1.165) is 11.1 Å². The van der Waals surface area contributed by atoms with Crippen LogP contribution in [0.3, 0.4) is 0 Å². The quantitative estimate of drug-likeness (QED) is 0.712. The highest BCUT2D eigenvalue weighted by molar-refractivity contribution is 6.31. The molecule has 0 bridgehead atoms. The third-order valence-corrected chi connectivity index (χ3v) is 3.94. The molecule has 0 aromatic heterocycles. The zero-order valence-electron chi connectivity index (χ0n) is 12.9. The van der Waals surface area contributed by atoms with Crippen LogP contribution in [0, 0.1) is 0 Å². The van der Waals surface area contributed by atoms with Crippen LogP contribution in [-0.2, 0) is 6.42 Å². The van der Waals surface area contributed by atoms with Crippen LogP contribution < -0.4 is 5.32 Å². The molecule has 3 aromatic carbocycles. The minimum absolute atomic E-state index is 0.0996. The van der Waals surface area contributed by atoms with Gasteiger partial charge in [0.25, 0.3) is 5.91 Å². The van der Waals surface area contributed by atoms with E-state index in [0.29, 0.717) is 17.1 Å². The summed E-state index contributed by atoms with van der Waals surface area (Å²) in [5.41, 5.74) is 3.02. The van der Waals surface area contributed by atoms with Crippen LogP contribution in [0.2, 0.25) is 5.02 Å². The number of phenols is 1. The zero-order valence-corrected chi connectivity index (χ0v) is 13.6. The maximum Gasteiger partial charge on any atom is 0.259 e. The molecule has 0 unspecified atom stereocenters. The lowest BCUT2D eigenvalue weighted by molar-refractivity contribution is 0.102. The number of aromatic hydroxyl groups is 1. The van der Waals surface area contributed by atoms with Gasteiger partial charge in [0.15, 0.2) is 0 Å². The first-order valence-corrected chi connectivity index (χ1v) is 7.93. The van der Waals surface area contributed by atoms with E-state index in [1.54, 1.807) is 0 Å². The molecule has 0 spiro atoms. The molecule has 2 N–H and O–H groups in total. The number of hydrogen-bond donors (Lipinski definition) is 2. The lowest BCUT2D eigenvalue weighted by Crippen LogP contribution is -2.13. The highest BCUT2D eigenvalue weighted by Crippen LogP contribution is 2.24. The molecule has 1 amide bonds. The third-order valence-electron chi connectivity index (χ3n) is 3.71. The molecule has 0 aliphatic rings. The van der Waals surface area contributed by atoms with Crippen molar-refractivity contribution in [3.63, 3.8) is 0 Å². The van der Waals surface area contributed by atoms with Gasteiger partial charge in [0, 0.05) is 10.7 Å². The van der Waals surface area contributed by atoms with Gasteiger partial charge in [-0.1, -0.05) is 60.1 Å². The van der Waals surface area contributed by atoms with Crippen LogP contribution in [0.4, 0.5) is 5.69 Å². The highest BCUT2D eigenvalue weighted by atomic mass is 35.5. The summed E-state index contributed by atoms with van der Waals surface area (Å²) in [6, 6.07) is 22.0. The van der Waals surface area contributed by atoms with Gasteiger partial charge < -0.3 is 10.4 Å². The Kier molecular flexibility index (Phi) is 4.82. The maximum atomic E-state index is 12.5. The van der Waals surface area contributed by atoms with E-state index in [1.807, 2.05) is 54.6 Å². The predicted molar refractivity (Wildman–Crippen MR) is 96.8 cm³/mol. The number of rotatable bonds is 4. The van der Waals surface area contributed by atoms with E-state index in [2.05, 4.69) is 5.32 Å². The van der Waals surface area contributed by atoms with Crippen LogP contribution in [0.1, 0.15) is 21.5 Å². The molecule has 3 nitrogen and oxygen atoms in total. The topological polar surface area (TPSA) is 49.3 Å². The first kappa shape index (κ1) is 16.1. The molecule has 0 aliphatic heterocycles. The van der Waals surface area contributed by atoms with Gasteiger partial charge in [-0.05, 0) is 41.8 Å². The summed E-state index contributed by atoms with van der Waals surface area (Å²) in [5, 5.41) is 13.1. The summed E-state index contributed by atoms with van der Waals surface area (Å²) in [6.45, 7) is 0. The molecule has 3 rings (SSSR count). The number of phenolic OH excluding ortho intramolecular Hbond substituents is 1. The van der Waals surface area contributed by atoms with Crippen LogP contribution >= 0.6 is 11.6 Å². The van der Waals surface area contributed by atoms with Crippen LogP contribution in [-0.4, -0.2) is 11.0 Å². The number of carbonyl (C=O) groups excluding carboxylic acids is 1. The fourth-order valence-electron chi connectivity index (χ4n) is 2.49. The standard InChI is InChI=1S/C20H16ClNO2/c21-16-10-11-19(23)17(13-16)20(24)22-18-9-5-4-8-15(18)12-14-6-2-1-3-7-14/h1-11,13,23H,12H2,(H,22,24). The molecule has 0 fully saturated rings. The van der Waals surface area contributed by atoms with E-state index >= 15 is 0 Å². The van der Waals surface area contributed by atoms with Crippen LogP contribution in [0.15, 0.2) is 72.8 Å². The van der Waals surface area contributed by atoms with Gasteiger partial charge in [0.05, 0.1) is 5.56 Å². The van der Waals surface area contributed by atoms with Crippen LogP contribution in [0.5, 0.6) is 5.75 Å². The molecule has 0 saturated heterocycles. The number of anilines is 1. The fourth-order valence-corrected chi connectivity index (χ4v) is 2.66. The van der Waals surface area contributed by atoms with Gasteiger partial charge in [-0.25, -0.2) is 0 Å². The number of carbonyl (C=O) groups is 1. The third kappa shape index (κ3) is 3.76. The molecule has 24 heavy (non-hydrogen) atoms. The summed E-state index contributed by atoms with van der Waals surface area (Å²) in [4.78, 5) is 12.5. The number of hydrogen-bond acceptors (Lipinski definition) is 2. The predicted octanol–water partition coefficient (Wildman–Crippen LogP) is 4.89. The number of amides is 1. The van der Waals surface area contributed by atoms with Crippen molar-refractivity contribution in [3.8, 4) is 5.75 Å². The molecule has 3 aromatic rings. The number of para-hydroxylation sites is 1. The summed E-state index contributed by atoms with van der Waals surface area (Å²) < 4.78 is 0. The summed E-state index contributed by atoms with van der Waals surface area (Å²) in [7, 11) is 0. The molecule has 0 radical (unpaired) electrons. The molecular weight excluding hydrogens is 322 g/mol. The van der Waals surface area contributed by atoms with Crippen molar-refractivity contribution in [2.75, 3.05) is 5.32 Å². The number of halogens is 1. The highest BCUT2D eigenvalue weighted by Gasteiger charge is 2.13. The van der Waals surface area contributed by atoms with Crippen LogP contribution in [0.25, 0.3) is 0 Å². The largest absolute Gasteiger partial charge is 0.507 e. The van der Waals surface area contributed by atoms with Crippen molar-refractivity contribution in [1.29, 1.82) is 0 Å². The fraction of sp³-hybridized carbons (Fsp3) is 0.0500. The molecular formula is C20H16ClNO2. The molecule has 0 saturated carbocycles. The number of benzene rings is 3. The molecule has 0 atom stereocenters. The Morgan fingerprint density at radius 2 is 1.67 bits per heavy atom. The van der Waals surface area contributed by atoms with Crippen molar-refractivity contribution in [2.24, 2.45) is 0 Å². The molecule has 120 valence electrons. The lowest BCUT2D eigenvalue weighted by Gasteiger charge is -2.12. The second kappa shape index (κ2) is 7.20. The Morgan fingerprint density at radius 1 is 0.958 bits per heavy atom. The minimum atomic E-state index is -0.393. The molecule has 0 aliphatic carbocycles. The van der Waals surface area contributed by atoms with Gasteiger partial charge >= 0.3 is 0 Å². The van der Waals surface area contributed by atoms with Crippen molar-refractivity contribution in [2.45, 2.75) is 6.42 Å². The zero-order chi connectivity index (χ0) is 16.9.